The number of fused-ring (bicyclic) bond motifs is 2. The Labute approximate surface area is 118 Å². The second-order valence-electron chi connectivity index (χ2n) is 5.78. The summed E-state index contributed by atoms with van der Waals surface area (Å²) in [5, 5.41) is 6.49. The van der Waals surface area contributed by atoms with Crippen LogP contribution in [0, 0.1) is 17.8 Å². The molecule has 1 aromatic rings. The summed E-state index contributed by atoms with van der Waals surface area (Å²) in [4.78, 5) is 11.8. The Morgan fingerprint density at radius 2 is 2.00 bits per heavy atom. The summed E-state index contributed by atoms with van der Waals surface area (Å²) in [5.41, 5.74) is 0.773. The van der Waals surface area contributed by atoms with Gasteiger partial charge in [0.15, 0.2) is 0 Å². The Morgan fingerprint density at radius 3 is 2.63 bits per heavy atom. The molecule has 2 aliphatic rings. The smallest absolute Gasteiger partial charge is 0.319 e. The maximum atomic E-state index is 11.8. The lowest BCUT2D eigenvalue weighted by atomic mass is 9.89. The molecule has 2 bridgehead atoms. The van der Waals surface area contributed by atoms with Gasteiger partial charge >= 0.3 is 6.03 Å². The lowest BCUT2D eigenvalue weighted by Gasteiger charge is -2.21. The van der Waals surface area contributed by atoms with Crippen molar-refractivity contribution in [2.24, 2.45) is 17.8 Å². The van der Waals surface area contributed by atoms with Gasteiger partial charge in [-0.25, -0.2) is 4.79 Å². The SMILES string of the molecule is O=C(NC[C@@H]1C[C@@H]2CC[C@@H]1C2)Nc1ccc(Cl)cc1. The summed E-state index contributed by atoms with van der Waals surface area (Å²) in [6.07, 6.45) is 5.44. The van der Waals surface area contributed by atoms with Crippen molar-refractivity contribution < 1.29 is 4.79 Å². The van der Waals surface area contributed by atoms with Gasteiger partial charge in [-0.15, -0.1) is 0 Å². The van der Waals surface area contributed by atoms with Crippen LogP contribution in [-0.4, -0.2) is 12.6 Å². The Balaban J connectivity index is 1.45. The van der Waals surface area contributed by atoms with Gasteiger partial charge in [0.25, 0.3) is 0 Å². The minimum atomic E-state index is -0.120. The average Bonchev–Trinajstić information content (AvgIpc) is 3.01. The van der Waals surface area contributed by atoms with E-state index in [2.05, 4.69) is 10.6 Å². The number of hydrogen-bond donors (Lipinski definition) is 2. The summed E-state index contributed by atoms with van der Waals surface area (Å²) < 4.78 is 0. The van der Waals surface area contributed by atoms with E-state index in [0.29, 0.717) is 10.9 Å². The van der Waals surface area contributed by atoms with Crippen molar-refractivity contribution in [3.8, 4) is 0 Å². The van der Waals surface area contributed by atoms with Crippen LogP contribution in [0.5, 0.6) is 0 Å². The van der Waals surface area contributed by atoms with Crippen LogP contribution in [0.25, 0.3) is 0 Å². The zero-order chi connectivity index (χ0) is 13.2. The topological polar surface area (TPSA) is 41.1 Å². The molecule has 3 atom stereocenters. The first-order valence-electron chi connectivity index (χ1n) is 7.01. The molecular weight excluding hydrogens is 260 g/mol. The van der Waals surface area contributed by atoms with Gasteiger partial charge in [-0.2, -0.15) is 0 Å². The molecule has 0 aliphatic heterocycles. The van der Waals surface area contributed by atoms with Crippen LogP contribution in [0.3, 0.4) is 0 Å². The van der Waals surface area contributed by atoms with Crippen molar-refractivity contribution in [2.45, 2.75) is 25.7 Å². The lowest BCUT2D eigenvalue weighted by molar-refractivity contribution is 0.245. The number of carbonyl (C=O) groups is 1. The predicted molar refractivity (Wildman–Crippen MR) is 77.4 cm³/mol. The quantitative estimate of drug-likeness (QED) is 0.865. The molecule has 2 aliphatic carbocycles. The number of halogens is 1. The van der Waals surface area contributed by atoms with Crippen LogP contribution >= 0.6 is 11.6 Å². The molecule has 0 saturated heterocycles. The van der Waals surface area contributed by atoms with E-state index in [0.717, 1.165) is 24.1 Å². The van der Waals surface area contributed by atoms with Crippen LogP contribution in [-0.2, 0) is 0 Å². The minimum Gasteiger partial charge on any atom is -0.338 e. The van der Waals surface area contributed by atoms with E-state index in [1.165, 1.54) is 25.7 Å². The number of hydrogen-bond acceptors (Lipinski definition) is 1. The number of amides is 2. The third-order valence-corrected chi connectivity index (χ3v) is 4.76. The standard InChI is InChI=1S/C15H19ClN2O/c16-13-3-5-14(6-4-13)18-15(19)17-9-12-8-10-1-2-11(12)7-10/h3-6,10-12H,1-2,7-9H2,(H2,17,18,19)/t10-,11-,12+/m1/s1. The molecule has 2 N–H and O–H groups in total. The number of rotatable bonds is 3. The summed E-state index contributed by atoms with van der Waals surface area (Å²) in [7, 11) is 0. The van der Waals surface area contributed by atoms with Crippen LogP contribution < -0.4 is 10.6 Å². The molecule has 0 spiro atoms. The van der Waals surface area contributed by atoms with Gasteiger partial charge < -0.3 is 10.6 Å². The van der Waals surface area contributed by atoms with Crippen molar-refractivity contribution in [1.29, 1.82) is 0 Å². The second kappa shape index (κ2) is 5.41. The normalized spacial score (nSPS) is 28.4. The molecule has 0 radical (unpaired) electrons. The van der Waals surface area contributed by atoms with Gasteiger partial charge in [-0.3, -0.25) is 0 Å². The largest absolute Gasteiger partial charge is 0.338 e. The Kier molecular flexibility index (Phi) is 3.65. The highest BCUT2D eigenvalue weighted by atomic mass is 35.5. The average molecular weight is 279 g/mol. The fraction of sp³-hybridized carbons (Fsp3) is 0.533. The molecule has 2 amide bonds. The van der Waals surface area contributed by atoms with Crippen molar-refractivity contribution in [1.82, 2.24) is 5.32 Å². The van der Waals surface area contributed by atoms with Crippen LogP contribution in [0.1, 0.15) is 25.7 Å². The number of carbonyl (C=O) groups excluding carboxylic acids is 1. The van der Waals surface area contributed by atoms with Crippen LogP contribution in [0.2, 0.25) is 5.02 Å². The second-order valence-corrected chi connectivity index (χ2v) is 6.21. The lowest BCUT2D eigenvalue weighted by Crippen LogP contribution is -2.34. The van der Waals surface area contributed by atoms with Crippen LogP contribution in [0.4, 0.5) is 10.5 Å². The highest BCUT2D eigenvalue weighted by Crippen LogP contribution is 2.47. The van der Waals surface area contributed by atoms with E-state index in [9.17, 15) is 4.79 Å². The molecule has 2 saturated carbocycles. The van der Waals surface area contributed by atoms with Crippen molar-refractivity contribution in [3.05, 3.63) is 29.3 Å². The molecule has 3 rings (SSSR count). The number of nitrogens with one attached hydrogen (secondary N) is 2. The summed E-state index contributed by atoms with van der Waals surface area (Å²) in [6, 6.07) is 7.03. The van der Waals surface area contributed by atoms with E-state index >= 15 is 0 Å². The van der Waals surface area contributed by atoms with Crippen molar-refractivity contribution >= 4 is 23.3 Å². The zero-order valence-electron chi connectivity index (χ0n) is 10.9. The van der Waals surface area contributed by atoms with E-state index in [-0.39, 0.29) is 6.03 Å². The Morgan fingerprint density at radius 1 is 1.21 bits per heavy atom. The first-order valence-corrected chi connectivity index (χ1v) is 7.39. The first kappa shape index (κ1) is 12.8. The maximum Gasteiger partial charge on any atom is 0.319 e. The van der Waals surface area contributed by atoms with Gasteiger partial charge in [0.2, 0.25) is 0 Å². The molecule has 4 heteroatoms. The Bertz CT molecular complexity index is 460. The van der Waals surface area contributed by atoms with Crippen molar-refractivity contribution in [3.63, 3.8) is 0 Å². The van der Waals surface area contributed by atoms with Gasteiger partial charge in [-0.1, -0.05) is 18.0 Å². The molecule has 19 heavy (non-hydrogen) atoms. The molecule has 1 aromatic carbocycles. The monoisotopic (exact) mass is 278 g/mol. The molecule has 0 aromatic heterocycles. The zero-order valence-corrected chi connectivity index (χ0v) is 11.6. The minimum absolute atomic E-state index is 0.120. The van der Waals surface area contributed by atoms with Gasteiger partial charge in [0.1, 0.15) is 0 Å². The van der Waals surface area contributed by atoms with E-state index in [1.54, 1.807) is 24.3 Å². The van der Waals surface area contributed by atoms with Gasteiger partial charge in [0, 0.05) is 17.3 Å². The molecule has 3 nitrogen and oxygen atoms in total. The summed E-state index contributed by atoms with van der Waals surface area (Å²) >= 11 is 5.80. The maximum absolute atomic E-state index is 11.8. The fourth-order valence-corrected chi connectivity index (χ4v) is 3.68. The number of anilines is 1. The highest BCUT2D eigenvalue weighted by molar-refractivity contribution is 6.30. The van der Waals surface area contributed by atoms with Crippen LogP contribution in [0.15, 0.2) is 24.3 Å². The predicted octanol–water partition coefficient (Wildman–Crippen LogP) is 3.90. The molecule has 102 valence electrons. The first-order chi connectivity index (χ1) is 9.20. The highest BCUT2D eigenvalue weighted by Gasteiger charge is 2.39. The number of urea groups is 1. The molecule has 2 fully saturated rings. The third-order valence-electron chi connectivity index (χ3n) is 4.51. The Hall–Kier alpha value is -1.22. The summed E-state index contributed by atoms with van der Waals surface area (Å²) in [5.74, 6) is 2.46. The fourth-order valence-electron chi connectivity index (χ4n) is 3.56. The molecule has 0 unspecified atom stereocenters. The van der Waals surface area contributed by atoms with E-state index in [4.69, 9.17) is 11.6 Å². The molecular formula is C15H19ClN2O. The van der Waals surface area contributed by atoms with E-state index < -0.39 is 0 Å². The number of benzene rings is 1. The van der Waals surface area contributed by atoms with Gasteiger partial charge in [0.05, 0.1) is 0 Å². The molecule has 0 heterocycles. The third kappa shape index (κ3) is 3.03. The van der Waals surface area contributed by atoms with Crippen molar-refractivity contribution in [2.75, 3.05) is 11.9 Å². The van der Waals surface area contributed by atoms with E-state index in [1.807, 2.05) is 0 Å². The summed E-state index contributed by atoms with van der Waals surface area (Å²) in [6.45, 7) is 0.806. The van der Waals surface area contributed by atoms with Gasteiger partial charge in [-0.05, 0) is 61.3 Å².